The van der Waals surface area contributed by atoms with Gasteiger partial charge >= 0.3 is 5.91 Å². The topological polar surface area (TPSA) is 107 Å². The zero-order valence-electron chi connectivity index (χ0n) is 23.6. The number of Topliss-reactive ketones (excluding diaryl/α,β-unsaturated/α-hetero) is 1. The Balaban J connectivity index is 1.78. The van der Waals surface area contributed by atoms with Gasteiger partial charge in [0.05, 0.1) is 49.8 Å². The zero-order valence-corrected chi connectivity index (χ0v) is 24.4. The highest BCUT2D eigenvalue weighted by Crippen LogP contribution is 2.48. The first-order valence-corrected chi connectivity index (χ1v) is 13.8. The van der Waals surface area contributed by atoms with Gasteiger partial charge in [0.15, 0.2) is 16.6 Å². The molecule has 41 heavy (non-hydrogen) atoms. The lowest BCUT2D eigenvalue weighted by Gasteiger charge is -2.24. The number of aromatic nitrogens is 1. The van der Waals surface area contributed by atoms with Gasteiger partial charge in [0.2, 0.25) is 5.75 Å². The van der Waals surface area contributed by atoms with E-state index in [1.165, 1.54) is 37.6 Å². The predicted octanol–water partition coefficient (Wildman–Crippen LogP) is 5.96. The van der Waals surface area contributed by atoms with Crippen molar-refractivity contribution in [3.05, 3.63) is 76.4 Å². The molecule has 0 radical (unpaired) electrons. The van der Waals surface area contributed by atoms with Crippen LogP contribution in [0.4, 0.5) is 5.13 Å². The number of ether oxygens (including phenoxy) is 4. The highest BCUT2D eigenvalue weighted by atomic mass is 32.1. The Hall–Kier alpha value is -4.57. The minimum atomic E-state index is -1.03. The maximum absolute atomic E-state index is 13.8. The van der Waals surface area contributed by atoms with Crippen molar-refractivity contribution >= 4 is 44.1 Å². The Morgan fingerprint density at radius 2 is 1.68 bits per heavy atom. The Bertz CT molecular complexity index is 1680. The van der Waals surface area contributed by atoms with Crippen molar-refractivity contribution in [1.29, 1.82) is 0 Å². The van der Waals surface area contributed by atoms with Crippen LogP contribution in [0.5, 0.6) is 23.0 Å². The third-order valence-corrected chi connectivity index (χ3v) is 7.98. The lowest BCUT2D eigenvalue weighted by atomic mass is 9.93. The van der Waals surface area contributed by atoms with Crippen LogP contribution in [0, 0.1) is 13.8 Å². The molecule has 0 spiro atoms. The predicted molar refractivity (Wildman–Crippen MR) is 158 cm³/mol. The third-order valence-electron chi connectivity index (χ3n) is 6.96. The average Bonchev–Trinajstić information content (AvgIpc) is 3.50. The minimum Gasteiger partial charge on any atom is -0.507 e. The highest BCUT2D eigenvalue weighted by Gasteiger charge is 2.48. The number of carbonyl (C=O) groups is 2. The van der Waals surface area contributed by atoms with Gasteiger partial charge in [0.1, 0.15) is 11.5 Å². The smallest absolute Gasteiger partial charge is 0.301 e. The molecule has 212 valence electrons. The molecular formula is C31H30N2O7S. The largest absolute Gasteiger partial charge is 0.507 e. The van der Waals surface area contributed by atoms with E-state index in [0.29, 0.717) is 51.4 Å². The van der Waals surface area contributed by atoms with E-state index >= 15 is 0 Å². The number of thiazole rings is 1. The van der Waals surface area contributed by atoms with Crippen molar-refractivity contribution < 1.29 is 33.6 Å². The summed E-state index contributed by atoms with van der Waals surface area (Å²) in [6.07, 6.45) is 0. The molecule has 1 unspecified atom stereocenters. The van der Waals surface area contributed by atoms with Gasteiger partial charge in [-0.05, 0) is 68.3 Å². The number of anilines is 1. The first-order valence-electron chi connectivity index (χ1n) is 12.9. The standard InChI is InChI=1S/C31H30N2O7S/c1-7-40-19-10-11-21-24(15-19)41-31(32-21)33-26(18-13-22(37-4)29(39-6)23(14-18)38-5)25(28(35)30(33)36)27(34)20-12-16(2)8-9-17(20)3/h8-15,26,34H,7H2,1-6H3. The lowest BCUT2D eigenvalue weighted by Crippen LogP contribution is -2.29. The molecule has 0 saturated carbocycles. The second-order valence-electron chi connectivity index (χ2n) is 9.51. The SMILES string of the molecule is CCOc1ccc2nc(N3C(=O)C(=O)C(=C(O)c4cc(C)ccc4C)C3c3cc(OC)c(OC)c(OC)c3)sc2c1. The van der Waals surface area contributed by atoms with Crippen LogP contribution in [-0.4, -0.2) is 49.7 Å². The van der Waals surface area contributed by atoms with Crippen LogP contribution in [0.2, 0.25) is 0 Å². The highest BCUT2D eigenvalue weighted by molar-refractivity contribution is 7.22. The molecular weight excluding hydrogens is 544 g/mol. The molecule has 5 rings (SSSR count). The van der Waals surface area contributed by atoms with Crippen molar-refractivity contribution in [3.63, 3.8) is 0 Å². The van der Waals surface area contributed by atoms with Gasteiger partial charge in [0.25, 0.3) is 5.78 Å². The van der Waals surface area contributed by atoms with Crippen molar-refractivity contribution in [3.8, 4) is 23.0 Å². The maximum atomic E-state index is 13.8. The first-order chi connectivity index (χ1) is 19.7. The van der Waals surface area contributed by atoms with Crippen LogP contribution in [0.25, 0.3) is 16.0 Å². The number of aliphatic hydroxyl groups is 1. The Labute approximate surface area is 241 Å². The number of nitrogens with zero attached hydrogens (tertiary/aromatic N) is 2. The van der Waals surface area contributed by atoms with E-state index in [4.69, 9.17) is 23.9 Å². The van der Waals surface area contributed by atoms with Crippen molar-refractivity contribution in [2.45, 2.75) is 26.8 Å². The minimum absolute atomic E-state index is 0.0627. The van der Waals surface area contributed by atoms with Gasteiger partial charge in [-0.3, -0.25) is 14.5 Å². The number of benzene rings is 3. The molecule has 1 aliphatic rings. The number of rotatable bonds is 8. The number of amides is 1. The molecule has 0 aliphatic carbocycles. The molecule has 1 saturated heterocycles. The fourth-order valence-electron chi connectivity index (χ4n) is 4.99. The number of carbonyl (C=O) groups excluding carboxylic acids is 2. The number of aryl methyl sites for hydroxylation is 2. The zero-order chi connectivity index (χ0) is 29.4. The first kappa shape index (κ1) is 28.0. The number of methoxy groups -OCH3 is 3. The van der Waals surface area contributed by atoms with E-state index in [1.807, 2.05) is 45.0 Å². The van der Waals surface area contributed by atoms with Crippen LogP contribution >= 0.6 is 11.3 Å². The molecule has 1 aliphatic heterocycles. The summed E-state index contributed by atoms with van der Waals surface area (Å²) in [6, 6.07) is 13.3. The molecule has 0 bridgehead atoms. The molecule has 9 nitrogen and oxygen atoms in total. The van der Waals surface area contributed by atoms with Gasteiger partial charge < -0.3 is 24.1 Å². The normalized spacial score (nSPS) is 16.3. The van der Waals surface area contributed by atoms with Crippen molar-refractivity contribution in [2.75, 3.05) is 32.8 Å². The van der Waals surface area contributed by atoms with E-state index in [2.05, 4.69) is 0 Å². The van der Waals surface area contributed by atoms with E-state index in [0.717, 1.165) is 15.8 Å². The second kappa shape index (κ2) is 11.1. The van der Waals surface area contributed by atoms with E-state index < -0.39 is 17.7 Å². The molecule has 1 N–H and O–H groups in total. The second-order valence-corrected chi connectivity index (χ2v) is 10.5. The summed E-state index contributed by atoms with van der Waals surface area (Å²) in [5.41, 5.74) is 3.17. The summed E-state index contributed by atoms with van der Waals surface area (Å²) in [4.78, 5) is 33.5. The summed E-state index contributed by atoms with van der Waals surface area (Å²) < 4.78 is 23.1. The van der Waals surface area contributed by atoms with Gasteiger partial charge in [0, 0.05) is 5.56 Å². The van der Waals surface area contributed by atoms with E-state index in [9.17, 15) is 14.7 Å². The molecule has 10 heteroatoms. The molecule has 2 heterocycles. The van der Waals surface area contributed by atoms with Gasteiger partial charge in [-0.25, -0.2) is 4.98 Å². The van der Waals surface area contributed by atoms with Crippen molar-refractivity contribution in [1.82, 2.24) is 4.98 Å². The Morgan fingerprint density at radius 1 is 0.976 bits per heavy atom. The summed E-state index contributed by atoms with van der Waals surface area (Å²) >= 11 is 1.25. The quantitative estimate of drug-likeness (QED) is 0.156. The number of hydrogen-bond acceptors (Lipinski definition) is 9. The molecule has 3 aromatic carbocycles. The van der Waals surface area contributed by atoms with Crippen LogP contribution in [-0.2, 0) is 9.59 Å². The molecule has 1 fully saturated rings. The van der Waals surface area contributed by atoms with Crippen LogP contribution in [0.1, 0.15) is 35.2 Å². The average molecular weight is 575 g/mol. The summed E-state index contributed by atoms with van der Waals surface area (Å²) in [6.45, 7) is 6.13. The van der Waals surface area contributed by atoms with Crippen molar-refractivity contribution in [2.24, 2.45) is 0 Å². The third kappa shape index (κ3) is 4.84. The monoisotopic (exact) mass is 574 g/mol. The Kier molecular flexibility index (Phi) is 7.59. The Morgan fingerprint density at radius 3 is 2.32 bits per heavy atom. The number of aliphatic hydroxyl groups excluding tert-OH is 1. The summed E-state index contributed by atoms with van der Waals surface area (Å²) in [5, 5.41) is 12.0. The van der Waals surface area contributed by atoms with E-state index in [1.54, 1.807) is 24.3 Å². The van der Waals surface area contributed by atoms with Crippen LogP contribution in [0.15, 0.2) is 54.1 Å². The van der Waals surface area contributed by atoms with Crippen LogP contribution < -0.4 is 23.8 Å². The number of hydrogen-bond donors (Lipinski definition) is 1. The number of ketones is 1. The number of fused-ring (bicyclic) bond motifs is 1. The maximum Gasteiger partial charge on any atom is 0.301 e. The lowest BCUT2D eigenvalue weighted by molar-refractivity contribution is -0.132. The van der Waals surface area contributed by atoms with E-state index in [-0.39, 0.29) is 11.3 Å². The summed E-state index contributed by atoms with van der Waals surface area (Å²) in [7, 11) is 4.46. The molecule has 4 aromatic rings. The molecule has 1 aromatic heterocycles. The molecule has 1 amide bonds. The van der Waals surface area contributed by atoms with Gasteiger partial charge in [-0.1, -0.05) is 29.0 Å². The van der Waals surface area contributed by atoms with Gasteiger partial charge in [-0.15, -0.1) is 0 Å². The fourth-order valence-corrected chi connectivity index (χ4v) is 6.01. The molecule has 1 atom stereocenters. The fraction of sp³-hybridized carbons (Fsp3) is 0.258. The van der Waals surface area contributed by atoms with Gasteiger partial charge in [-0.2, -0.15) is 0 Å². The van der Waals surface area contributed by atoms with Crippen LogP contribution in [0.3, 0.4) is 0 Å². The summed E-state index contributed by atoms with van der Waals surface area (Å²) in [5.74, 6) is -0.196.